The van der Waals surface area contributed by atoms with Crippen LogP contribution in [0.25, 0.3) is 0 Å². The van der Waals surface area contributed by atoms with Crippen molar-refractivity contribution in [1.82, 2.24) is 0 Å². The van der Waals surface area contributed by atoms with Gasteiger partial charge in [0.2, 0.25) is 0 Å². The lowest BCUT2D eigenvalue weighted by atomic mass is 10.0. The number of ether oxygens (including phenoxy) is 1. The molecule has 0 atom stereocenters. The zero-order valence-corrected chi connectivity index (χ0v) is 8.52. The van der Waals surface area contributed by atoms with Crippen LogP contribution in [-0.2, 0) is 6.42 Å². The fraction of sp³-hybridized carbons (Fsp3) is 0.455. The van der Waals surface area contributed by atoms with Crippen molar-refractivity contribution in [3.8, 4) is 5.75 Å². The number of hydrogen-bond donors (Lipinski definition) is 1. The third-order valence-corrected chi connectivity index (χ3v) is 2.57. The van der Waals surface area contributed by atoms with E-state index < -0.39 is 5.92 Å². The van der Waals surface area contributed by atoms with E-state index in [2.05, 4.69) is 5.32 Å². The van der Waals surface area contributed by atoms with Gasteiger partial charge in [0.25, 0.3) is 5.92 Å². The van der Waals surface area contributed by atoms with Gasteiger partial charge in [-0.2, -0.15) is 0 Å². The maximum atomic E-state index is 13.3. The van der Waals surface area contributed by atoms with Gasteiger partial charge < -0.3 is 10.1 Å². The highest BCUT2D eigenvalue weighted by atomic mass is 19.3. The average molecular weight is 213 g/mol. The molecule has 4 heteroatoms. The van der Waals surface area contributed by atoms with E-state index in [4.69, 9.17) is 4.74 Å². The monoisotopic (exact) mass is 213 g/mol. The van der Waals surface area contributed by atoms with Gasteiger partial charge in [-0.1, -0.05) is 0 Å². The fourth-order valence-corrected chi connectivity index (χ4v) is 1.76. The number of rotatable bonds is 1. The lowest BCUT2D eigenvalue weighted by Gasteiger charge is -2.13. The Kier molecular flexibility index (Phi) is 2.50. The zero-order chi connectivity index (χ0) is 10.9. The zero-order valence-electron chi connectivity index (χ0n) is 8.52. The van der Waals surface area contributed by atoms with Crippen molar-refractivity contribution in [2.45, 2.75) is 18.8 Å². The van der Waals surface area contributed by atoms with Gasteiger partial charge in [0, 0.05) is 25.1 Å². The van der Waals surface area contributed by atoms with Gasteiger partial charge in [0.05, 0.1) is 7.11 Å². The van der Waals surface area contributed by atoms with E-state index in [1.807, 2.05) is 0 Å². The van der Waals surface area contributed by atoms with Gasteiger partial charge in [0.15, 0.2) is 0 Å². The quantitative estimate of drug-likeness (QED) is 0.774. The second-order valence-corrected chi connectivity index (χ2v) is 3.73. The van der Waals surface area contributed by atoms with Crippen LogP contribution in [0, 0.1) is 0 Å². The van der Waals surface area contributed by atoms with Crippen LogP contribution in [0.15, 0.2) is 18.2 Å². The molecule has 0 radical (unpaired) electrons. The van der Waals surface area contributed by atoms with Crippen LogP contribution in [0.3, 0.4) is 0 Å². The highest BCUT2D eigenvalue weighted by Gasteiger charge is 2.32. The minimum absolute atomic E-state index is 0.121. The minimum Gasteiger partial charge on any atom is -0.497 e. The average Bonchev–Trinajstić information content (AvgIpc) is 2.33. The van der Waals surface area contributed by atoms with Gasteiger partial charge in [-0.05, 0) is 23.8 Å². The summed E-state index contributed by atoms with van der Waals surface area (Å²) < 4.78 is 31.6. The van der Waals surface area contributed by atoms with Crippen LogP contribution in [-0.4, -0.2) is 19.6 Å². The minimum atomic E-state index is -2.62. The van der Waals surface area contributed by atoms with Crippen molar-refractivity contribution in [1.29, 1.82) is 0 Å². The molecule has 2 nitrogen and oxygen atoms in total. The fourth-order valence-electron chi connectivity index (χ4n) is 1.76. The highest BCUT2D eigenvalue weighted by Crippen LogP contribution is 2.32. The number of anilines is 1. The molecule has 15 heavy (non-hydrogen) atoms. The second-order valence-electron chi connectivity index (χ2n) is 3.73. The van der Waals surface area contributed by atoms with Crippen molar-refractivity contribution in [2.75, 3.05) is 19.0 Å². The molecule has 0 aromatic heterocycles. The van der Waals surface area contributed by atoms with E-state index in [0.29, 0.717) is 17.9 Å². The number of nitrogens with one attached hydrogen (secondary N) is 1. The van der Waals surface area contributed by atoms with Crippen molar-refractivity contribution < 1.29 is 13.5 Å². The molecule has 1 aromatic rings. The SMILES string of the molecule is COc1ccc2c(c1)CC(F)(F)CCN2. The molecule has 1 aliphatic rings. The summed E-state index contributed by atoms with van der Waals surface area (Å²) in [6, 6.07) is 5.23. The van der Waals surface area contributed by atoms with Crippen LogP contribution < -0.4 is 10.1 Å². The van der Waals surface area contributed by atoms with Crippen LogP contribution in [0.1, 0.15) is 12.0 Å². The molecule has 0 bridgehead atoms. The van der Waals surface area contributed by atoms with Crippen molar-refractivity contribution in [3.05, 3.63) is 23.8 Å². The summed E-state index contributed by atoms with van der Waals surface area (Å²) in [6.45, 7) is 0.312. The second kappa shape index (κ2) is 3.68. The summed E-state index contributed by atoms with van der Waals surface area (Å²) in [5.41, 5.74) is 1.41. The Bertz CT molecular complexity index is 366. The first-order valence-electron chi connectivity index (χ1n) is 4.89. The molecule has 0 saturated heterocycles. The Labute approximate surface area is 87.2 Å². The predicted octanol–water partition coefficient (Wildman–Crippen LogP) is 2.69. The normalized spacial score (nSPS) is 18.6. The topological polar surface area (TPSA) is 21.3 Å². The number of benzene rings is 1. The Hall–Kier alpha value is -1.32. The number of methoxy groups -OCH3 is 1. The largest absolute Gasteiger partial charge is 0.497 e. The molecular weight excluding hydrogens is 200 g/mol. The van der Waals surface area contributed by atoms with E-state index in [1.54, 1.807) is 18.2 Å². The first-order chi connectivity index (χ1) is 7.11. The Morgan fingerprint density at radius 2 is 2.20 bits per heavy atom. The van der Waals surface area contributed by atoms with E-state index in [9.17, 15) is 8.78 Å². The van der Waals surface area contributed by atoms with E-state index in [0.717, 1.165) is 5.69 Å². The van der Waals surface area contributed by atoms with Gasteiger partial charge in [0.1, 0.15) is 5.75 Å². The van der Waals surface area contributed by atoms with Crippen LogP contribution >= 0.6 is 0 Å². The lowest BCUT2D eigenvalue weighted by molar-refractivity contribution is -0.00197. The molecule has 2 rings (SSSR count). The van der Waals surface area contributed by atoms with Crippen molar-refractivity contribution in [2.24, 2.45) is 0 Å². The van der Waals surface area contributed by atoms with E-state index in [-0.39, 0.29) is 12.8 Å². The molecule has 1 aliphatic heterocycles. The van der Waals surface area contributed by atoms with Crippen molar-refractivity contribution >= 4 is 5.69 Å². The third-order valence-electron chi connectivity index (χ3n) is 2.57. The molecule has 1 N–H and O–H groups in total. The molecule has 0 aliphatic carbocycles. The summed E-state index contributed by atoms with van der Waals surface area (Å²) >= 11 is 0. The van der Waals surface area contributed by atoms with Gasteiger partial charge in [-0.3, -0.25) is 0 Å². The number of fused-ring (bicyclic) bond motifs is 1. The standard InChI is InChI=1S/C11H13F2NO/c1-15-9-2-3-10-8(6-9)7-11(12,13)4-5-14-10/h2-3,6,14H,4-5,7H2,1H3. The Morgan fingerprint density at radius 3 is 2.93 bits per heavy atom. The maximum absolute atomic E-state index is 13.3. The molecule has 0 saturated carbocycles. The third kappa shape index (κ3) is 2.19. The first-order valence-corrected chi connectivity index (χ1v) is 4.89. The van der Waals surface area contributed by atoms with Gasteiger partial charge in [-0.25, -0.2) is 8.78 Å². The lowest BCUT2D eigenvalue weighted by Crippen LogP contribution is -2.19. The molecule has 0 unspecified atom stereocenters. The number of halogens is 2. The molecule has 0 fully saturated rings. The van der Waals surface area contributed by atoms with Gasteiger partial charge in [-0.15, -0.1) is 0 Å². The number of hydrogen-bond acceptors (Lipinski definition) is 2. The van der Waals surface area contributed by atoms with Crippen LogP contribution in [0.2, 0.25) is 0 Å². The van der Waals surface area contributed by atoms with E-state index in [1.165, 1.54) is 7.11 Å². The highest BCUT2D eigenvalue weighted by molar-refractivity contribution is 5.55. The van der Waals surface area contributed by atoms with E-state index >= 15 is 0 Å². The number of alkyl halides is 2. The Morgan fingerprint density at radius 1 is 1.40 bits per heavy atom. The summed E-state index contributed by atoms with van der Waals surface area (Å²) in [5, 5.41) is 3.00. The molecule has 82 valence electrons. The summed E-state index contributed by atoms with van der Waals surface area (Å²) in [7, 11) is 1.53. The maximum Gasteiger partial charge on any atom is 0.253 e. The predicted molar refractivity (Wildman–Crippen MR) is 54.8 cm³/mol. The molecule has 1 aromatic carbocycles. The summed E-state index contributed by atoms with van der Waals surface area (Å²) in [4.78, 5) is 0. The molecular formula is C11H13F2NO. The van der Waals surface area contributed by atoms with Crippen LogP contribution in [0.5, 0.6) is 5.75 Å². The smallest absolute Gasteiger partial charge is 0.253 e. The molecule has 1 heterocycles. The summed E-state index contributed by atoms with van der Waals surface area (Å²) in [6.07, 6.45) is -0.337. The van der Waals surface area contributed by atoms with Crippen LogP contribution in [0.4, 0.5) is 14.5 Å². The Balaban J connectivity index is 2.36. The van der Waals surface area contributed by atoms with Gasteiger partial charge >= 0.3 is 0 Å². The molecule has 0 amide bonds. The first kappa shape index (κ1) is 10.2. The molecule has 0 spiro atoms. The van der Waals surface area contributed by atoms with Crippen molar-refractivity contribution in [3.63, 3.8) is 0 Å². The summed E-state index contributed by atoms with van der Waals surface area (Å²) in [5.74, 6) is -2.00.